The number of rotatable bonds is 4. The number of carbonyl (C=O) groups excluding carboxylic acids is 2. The Hall–Kier alpha value is -3.22. The molecule has 0 saturated carbocycles. The van der Waals surface area contributed by atoms with Crippen LogP contribution in [0.4, 0.5) is 5.82 Å². The van der Waals surface area contributed by atoms with E-state index in [1.807, 2.05) is 60.7 Å². The van der Waals surface area contributed by atoms with E-state index in [4.69, 9.17) is 0 Å². The van der Waals surface area contributed by atoms with Gasteiger partial charge in [0.2, 0.25) is 5.91 Å². The van der Waals surface area contributed by atoms with E-state index >= 15 is 0 Å². The number of hydrogen-bond donors (Lipinski definition) is 0. The van der Waals surface area contributed by atoms with E-state index in [0.29, 0.717) is 18.7 Å². The molecule has 1 aromatic carbocycles. The van der Waals surface area contributed by atoms with Gasteiger partial charge in [0.05, 0.1) is 0 Å². The molecule has 3 aromatic rings. The molecule has 0 aliphatic carbocycles. The van der Waals surface area contributed by atoms with Crippen LogP contribution in [0.3, 0.4) is 0 Å². The van der Waals surface area contributed by atoms with E-state index in [-0.39, 0.29) is 17.7 Å². The minimum absolute atomic E-state index is 0.00808. The van der Waals surface area contributed by atoms with Crippen LogP contribution < -0.4 is 4.90 Å². The zero-order chi connectivity index (χ0) is 21.4. The number of benzene rings is 1. The van der Waals surface area contributed by atoms with Crippen LogP contribution in [0.2, 0.25) is 0 Å². The highest BCUT2D eigenvalue weighted by atomic mass is 16.2. The Morgan fingerprint density at radius 3 is 2.43 bits per heavy atom. The van der Waals surface area contributed by atoms with E-state index in [9.17, 15) is 9.59 Å². The fourth-order valence-electron chi connectivity index (χ4n) is 4.17. The maximum Gasteiger partial charge on any atom is 0.245 e. The summed E-state index contributed by atoms with van der Waals surface area (Å²) in [6.45, 7) is 10.3. The van der Waals surface area contributed by atoms with E-state index in [1.54, 1.807) is 13.3 Å². The number of aryl methyl sites for hydroxylation is 1. The standard InChI is InChI=1S/C23H27N5O2/c1-15-16(2)24-14-25-22(15)26-9-11-27(12-10-26)23(30)17(3)28-13-20(18(4)29)19-7-5-6-8-21(19)28/h5-8,13-14,17H,9-12H2,1-4H3. The van der Waals surface area contributed by atoms with Crippen LogP contribution in [0.1, 0.15) is 41.5 Å². The van der Waals surface area contributed by atoms with Crippen molar-refractivity contribution < 1.29 is 9.59 Å². The molecule has 7 nitrogen and oxygen atoms in total. The number of aromatic nitrogens is 3. The third kappa shape index (κ3) is 3.44. The number of fused-ring (bicyclic) bond motifs is 1. The van der Waals surface area contributed by atoms with E-state index in [0.717, 1.165) is 41.1 Å². The largest absolute Gasteiger partial charge is 0.353 e. The Balaban J connectivity index is 1.52. The van der Waals surface area contributed by atoms with Gasteiger partial charge in [0.15, 0.2) is 5.78 Å². The summed E-state index contributed by atoms with van der Waals surface area (Å²) in [7, 11) is 0. The van der Waals surface area contributed by atoms with Crippen molar-refractivity contribution in [2.75, 3.05) is 31.1 Å². The normalized spacial score (nSPS) is 15.5. The summed E-state index contributed by atoms with van der Waals surface area (Å²) in [6, 6.07) is 7.37. The van der Waals surface area contributed by atoms with Crippen molar-refractivity contribution in [2.24, 2.45) is 0 Å². The van der Waals surface area contributed by atoms with Gasteiger partial charge in [0.1, 0.15) is 18.2 Å². The van der Waals surface area contributed by atoms with Crippen LogP contribution >= 0.6 is 0 Å². The van der Waals surface area contributed by atoms with E-state index < -0.39 is 0 Å². The molecule has 4 rings (SSSR count). The molecule has 2 aromatic heterocycles. The molecule has 1 aliphatic heterocycles. The van der Waals surface area contributed by atoms with Gasteiger partial charge in [-0.2, -0.15) is 0 Å². The van der Waals surface area contributed by atoms with Gasteiger partial charge in [-0.25, -0.2) is 9.97 Å². The Labute approximate surface area is 176 Å². The smallest absolute Gasteiger partial charge is 0.245 e. The Morgan fingerprint density at radius 1 is 1.03 bits per heavy atom. The fourth-order valence-corrected chi connectivity index (χ4v) is 4.17. The number of piperazine rings is 1. The SMILES string of the molecule is CC(=O)c1cn(C(C)C(=O)N2CCN(c3ncnc(C)c3C)CC2)c2ccccc12. The second-order valence-electron chi connectivity index (χ2n) is 7.92. The van der Waals surface area contributed by atoms with Crippen LogP contribution in [0.15, 0.2) is 36.8 Å². The lowest BCUT2D eigenvalue weighted by Gasteiger charge is -2.37. The molecule has 1 fully saturated rings. The quantitative estimate of drug-likeness (QED) is 0.624. The average Bonchev–Trinajstić information content (AvgIpc) is 3.15. The number of ketones is 1. The van der Waals surface area contributed by atoms with Crippen molar-refractivity contribution in [1.82, 2.24) is 19.4 Å². The first kappa shape index (κ1) is 20.1. The first-order chi connectivity index (χ1) is 14.4. The fraction of sp³-hybridized carbons (Fsp3) is 0.391. The molecule has 0 N–H and O–H groups in total. The number of anilines is 1. The predicted octanol–water partition coefficient (Wildman–Crippen LogP) is 3.16. The van der Waals surface area contributed by atoms with Crippen molar-refractivity contribution in [2.45, 2.75) is 33.7 Å². The van der Waals surface area contributed by atoms with Gasteiger partial charge in [0.25, 0.3) is 0 Å². The molecule has 0 spiro atoms. The zero-order valence-corrected chi connectivity index (χ0v) is 17.9. The average molecular weight is 406 g/mol. The highest BCUT2D eigenvalue weighted by Gasteiger charge is 2.28. The van der Waals surface area contributed by atoms with E-state index in [2.05, 4.69) is 14.9 Å². The first-order valence-corrected chi connectivity index (χ1v) is 10.3. The number of hydrogen-bond acceptors (Lipinski definition) is 5. The summed E-state index contributed by atoms with van der Waals surface area (Å²) in [5.41, 5.74) is 3.63. The Bertz CT molecular complexity index is 1110. The second kappa shape index (κ2) is 7.89. The molecular weight excluding hydrogens is 378 g/mol. The van der Waals surface area contributed by atoms with Crippen molar-refractivity contribution >= 4 is 28.4 Å². The number of nitrogens with zero attached hydrogens (tertiary/aromatic N) is 5. The number of carbonyl (C=O) groups is 2. The lowest BCUT2D eigenvalue weighted by Crippen LogP contribution is -2.50. The van der Waals surface area contributed by atoms with Gasteiger partial charge in [0, 0.05) is 60.1 Å². The molecule has 3 heterocycles. The molecular formula is C23H27N5O2. The van der Waals surface area contributed by atoms with Crippen molar-refractivity contribution in [1.29, 1.82) is 0 Å². The van der Waals surface area contributed by atoms with Gasteiger partial charge >= 0.3 is 0 Å². The third-order valence-electron chi connectivity index (χ3n) is 6.09. The van der Waals surface area contributed by atoms with Crippen LogP contribution in [-0.2, 0) is 4.79 Å². The topological polar surface area (TPSA) is 71.3 Å². The Morgan fingerprint density at radius 2 is 1.73 bits per heavy atom. The van der Waals surface area contributed by atoms with Crippen LogP contribution in [0.25, 0.3) is 10.9 Å². The van der Waals surface area contributed by atoms with Crippen molar-refractivity contribution in [3.63, 3.8) is 0 Å². The summed E-state index contributed by atoms with van der Waals surface area (Å²) >= 11 is 0. The van der Waals surface area contributed by atoms with Crippen LogP contribution in [-0.4, -0.2) is 57.3 Å². The summed E-state index contributed by atoms with van der Waals surface area (Å²) in [5, 5.41) is 0.893. The molecule has 1 unspecified atom stereocenters. The Kier molecular flexibility index (Phi) is 5.28. The molecule has 30 heavy (non-hydrogen) atoms. The van der Waals surface area contributed by atoms with Gasteiger partial charge < -0.3 is 14.4 Å². The van der Waals surface area contributed by atoms with Crippen molar-refractivity contribution in [3.05, 3.63) is 53.6 Å². The minimum Gasteiger partial charge on any atom is -0.353 e. The minimum atomic E-state index is -0.377. The molecule has 1 amide bonds. The molecule has 156 valence electrons. The van der Waals surface area contributed by atoms with Gasteiger partial charge in [-0.15, -0.1) is 0 Å². The second-order valence-corrected chi connectivity index (χ2v) is 7.92. The first-order valence-electron chi connectivity index (χ1n) is 10.3. The molecule has 7 heteroatoms. The molecule has 0 bridgehead atoms. The highest BCUT2D eigenvalue weighted by molar-refractivity contribution is 6.07. The number of para-hydroxylation sites is 1. The molecule has 1 saturated heterocycles. The summed E-state index contributed by atoms with van der Waals surface area (Å²) in [6.07, 6.45) is 3.42. The van der Waals surface area contributed by atoms with Crippen molar-refractivity contribution in [3.8, 4) is 0 Å². The monoisotopic (exact) mass is 405 g/mol. The molecule has 0 radical (unpaired) electrons. The molecule has 1 aliphatic rings. The summed E-state index contributed by atoms with van der Waals surface area (Å²) in [4.78, 5) is 38.1. The summed E-state index contributed by atoms with van der Waals surface area (Å²) in [5.74, 6) is 1.03. The highest BCUT2D eigenvalue weighted by Crippen LogP contribution is 2.27. The van der Waals surface area contributed by atoms with Gasteiger partial charge in [-0.1, -0.05) is 18.2 Å². The summed E-state index contributed by atoms with van der Waals surface area (Å²) < 4.78 is 1.93. The lowest BCUT2D eigenvalue weighted by atomic mass is 10.1. The van der Waals surface area contributed by atoms with Gasteiger partial charge in [-0.3, -0.25) is 9.59 Å². The van der Waals surface area contributed by atoms with Crippen LogP contribution in [0.5, 0.6) is 0 Å². The maximum atomic E-state index is 13.3. The third-order valence-corrected chi connectivity index (χ3v) is 6.09. The van der Waals surface area contributed by atoms with Gasteiger partial charge in [-0.05, 0) is 33.8 Å². The number of Topliss-reactive ketones (excluding diaryl/α,β-unsaturated/α-hetero) is 1. The maximum absolute atomic E-state index is 13.3. The van der Waals surface area contributed by atoms with Crippen LogP contribution in [0, 0.1) is 13.8 Å². The zero-order valence-electron chi connectivity index (χ0n) is 17.9. The number of amides is 1. The predicted molar refractivity (Wildman–Crippen MR) is 117 cm³/mol. The van der Waals surface area contributed by atoms with E-state index in [1.165, 1.54) is 0 Å². The molecule has 1 atom stereocenters. The lowest BCUT2D eigenvalue weighted by molar-refractivity contribution is -0.134.